The number of hydrogen-bond acceptors (Lipinski definition) is 2. The first-order valence-electron chi connectivity index (χ1n) is 7.14. The van der Waals surface area contributed by atoms with E-state index in [2.05, 4.69) is 37.3 Å². The van der Waals surface area contributed by atoms with Gasteiger partial charge in [0, 0.05) is 17.0 Å². The third-order valence-corrected chi connectivity index (χ3v) is 3.39. The van der Waals surface area contributed by atoms with Crippen molar-refractivity contribution in [2.45, 2.75) is 39.2 Å². The molecule has 2 N–H and O–H groups in total. The number of fused-ring (bicyclic) bond motifs is 1. The van der Waals surface area contributed by atoms with Crippen LogP contribution in [0.15, 0.2) is 36.4 Å². The summed E-state index contributed by atoms with van der Waals surface area (Å²) in [4.78, 5) is 0. The van der Waals surface area contributed by atoms with Crippen LogP contribution in [0.25, 0.3) is 10.8 Å². The highest BCUT2D eigenvalue weighted by molar-refractivity contribution is 5.89. The van der Waals surface area contributed by atoms with Gasteiger partial charge >= 0.3 is 0 Å². The zero-order valence-corrected chi connectivity index (χ0v) is 11.9. The molecule has 2 aromatic rings. The van der Waals surface area contributed by atoms with Crippen molar-refractivity contribution >= 4 is 10.8 Å². The van der Waals surface area contributed by atoms with Crippen molar-refractivity contribution in [1.82, 2.24) is 0 Å². The number of ether oxygens (including phenoxy) is 1. The van der Waals surface area contributed by atoms with E-state index in [1.165, 1.54) is 18.2 Å². The Kier molecular flexibility index (Phi) is 4.80. The summed E-state index contributed by atoms with van der Waals surface area (Å²) in [7, 11) is 0. The molecule has 2 heteroatoms. The van der Waals surface area contributed by atoms with Gasteiger partial charge in [0.25, 0.3) is 0 Å². The fourth-order valence-corrected chi connectivity index (χ4v) is 2.31. The minimum atomic E-state index is -0.00854. The van der Waals surface area contributed by atoms with Gasteiger partial charge in [-0.25, -0.2) is 0 Å². The molecule has 19 heavy (non-hydrogen) atoms. The summed E-state index contributed by atoms with van der Waals surface area (Å²) >= 11 is 0. The Morgan fingerprint density at radius 1 is 1.11 bits per heavy atom. The first-order chi connectivity index (χ1) is 9.24. The van der Waals surface area contributed by atoms with E-state index in [1.54, 1.807) is 0 Å². The largest absolute Gasteiger partial charge is 0.493 e. The van der Waals surface area contributed by atoms with Crippen molar-refractivity contribution in [3.05, 3.63) is 42.0 Å². The van der Waals surface area contributed by atoms with Gasteiger partial charge in [0.1, 0.15) is 5.75 Å². The first-order valence-corrected chi connectivity index (χ1v) is 7.14. The van der Waals surface area contributed by atoms with E-state index in [-0.39, 0.29) is 6.04 Å². The Morgan fingerprint density at radius 2 is 1.89 bits per heavy atom. The molecule has 0 radical (unpaired) electrons. The quantitative estimate of drug-likeness (QED) is 0.777. The highest BCUT2D eigenvalue weighted by Gasteiger charge is 2.11. The molecule has 0 saturated carbocycles. The maximum absolute atomic E-state index is 6.06. The second-order valence-corrected chi connectivity index (χ2v) is 5.05. The number of hydrogen-bond donors (Lipinski definition) is 1. The van der Waals surface area contributed by atoms with Gasteiger partial charge in [0.15, 0.2) is 0 Å². The van der Waals surface area contributed by atoms with E-state index in [1.807, 2.05) is 13.0 Å². The summed E-state index contributed by atoms with van der Waals surface area (Å²) in [6, 6.07) is 12.5. The van der Waals surface area contributed by atoms with Gasteiger partial charge in [0.2, 0.25) is 0 Å². The van der Waals surface area contributed by atoms with Crippen LogP contribution < -0.4 is 10.5 Å². The molecule has 0 aromatic heterocycles. The average Bonchev–Trinajstić information content (AvgIpc) is 2.43. The van der Waals surface area contributed by atoms with Gasteiger partial charge in [-0.3, -0.25) is 0 Å². The lowest BCUT2D eigenvalue weighted by atomic mass is 10.0. The highest BCUT2D eigenvalue weighted by Crippen LogP contribution is 2.33. The van der Waals surface area contributed by atoms with Gasteiger partial charge in [-0.2, -0.15) is 0 Å². The Bertz CT molecular complexity index is 534. The van der Waals surface area contributed by atoms with Crippen molar-refractivity contribution in [3.8, 4) is 5.75 Å². The minimum absolute atomic E-state index is 0.00854. The molecule has 2 nitrogen and oxygen atoms in total. The molecule has 102 valence electrons. The smallest absolute Gasteiger partial charge is 0.131 e. The van der Waals surface area contributed by atoms with Gasteiger partial charge in [0.05, 0.1) is 6.61 Å². The van der Waals surface area contributed by atoms with E-state index < -0.39 is 0 Å². The van der Waals surface area contributed by atoms with Crippen LogP contribution in [-0.4, -0.2) is 6.61 Å². The Balaban J connectivity index is 2.33. The van der Waals surface area contributed by atoms with Gasteiger partial charge in [-0.05, 0) is 18.7 Å². The maximum Gasteiger partial charge on any atom is 0.131 e. The number of rotatable bonds is 6. The second-order valence-electron chi connectivity index (χ2n) is 5.05. The number of benzene rings is 2. The molecular weight excluding hydrogens is 234 g/mol. The van der Waals surface area contributed by atoms with E-state index in [4.69, 9.17) is 10.5 Å². The van der Waals surface area contributed by atoms with Crippen LogP contribution in [0.5, 0.6) is 5.75 Å². The summed E-state index contributed by atoms with van der Waals surface area (Å²) < 4.78 is 6.03. The third-order valence-electron chi connectivity index (χ3n) is 3.39. The normalized spacial score (nSPS) is 12.6. The van der Waals surface area contributed by atoms with Crippen LogP contribution in [0, 0.1) is 0 Å². The number of unbranched alkanes of at least 4 members (excludes halogenated alkanes) is 2. The predicted octanol–water partition coefficient (Wildman–Crippen LogP) is 4.43. The summed E-state index contributed by atoms with van der Waals surface area (Å²) in [5.74, 6) is 0.962. The van der Waals surface area contributed by atoms with Gasteiger partial charge < -0.3 is 10.5 Å². The molecule has 0 bridgehead atoms. The lowest BCUT2D eigenvalue weighted by Gasteiger charge is -2.16. The molecule has 0 spiro atoms. The summed E-state index contributed by atoms with van der Waals surface area (Å²) in [6.07, 6.45) is 3.51. The SMILES string of the molecule is CCCCCOc1c(C(C)N)ccc2ccccc12. The van der Waals surface area contributed by atoms with Crippen molar-refractivity contribution in [2.75, 3.05) is 6.61 Å². The highest BCUT2D eigenvalue weighted by atomic mass is 16.5. The van der Waals surface area contributed by atoms with E-state index >= 15 is 0 Å². The van der Waals surface area contributed by atoms with E-state index in [9.17, 15) is 0 Å². The molecule has 0 aliphatic rings. The van der Waals surface area contributed by atoms with Crippen LogP contribution in [-0.2, 0) is 0 Å². The minimum Gasteiger partial charge on any atom is -0.493 e. The molecule has 2 aromatic carbocycles. The molecule has 1 unspecified atom stereocenters. The van der Waals surface area contributed by atoms with E-state index in [0.717, 1.165) is 29.7 Å². The summed E-state index contributed by atoms with van der Waals surface area (Å²) in [6.45, 7) is 4.97. The summed E-state index contributed by atoms with van der Waals surface area (Å²) in [5, 5.41) is 2.37. The van der Waals surface area contributed by atoms with E-state index in [0.29, 0.717) is 0 Å². The van der Waals surface area contributed by atoms with Crippen LogP contribution >= 0.6 is 0 Å². The molecule has 0 saturated heterocycles. The average molecular weight is 257 g/mol. The monoisotopic (exact) mass is 257 g/mol. The molecule has 0 aliphatic heterocycles. The van der Waals surface area contributed by atoms with Crippen molar-refractivity contribution in [1.29, 1.82) is 0 Å². The topological polar surface area (TPSA) is 35.2 Å². The molecule has 0 aliphatic carbocycles. The van der Waals surface area contributed by atoms with Crippen LogP contribution in [0.2, 0.25) is 0 Å². The molecule has 1 atom stereocenters. The van der Waals surface area contributed by atoms with Gasteiger partial charge in [-0.1, -0.05) is 56.2 Å². The molecule has 2 rings (SSSR count). The van der Waals surface area contributed by atoms with Crippen molar-refractivity contribution in [3.63, 3.8) is 0 Å². The zero-order valence-electron chi connectivity index (χ0n) is 11.9. The molecule has 0 fully saturated rings. The van der Waals surface area contributed by atoms with Crippen molar-refractivity contribution in [2.24, 2.45) is 5.73 Å². The second kappa shape index (κ2) is 6.58. The first kappa shape index (κ1) is 13.9. The van der Waals surface area contributed by atoms with Crippen LogP contribution in [0.1, 0.15) is 44.7 Å². The Hall–Kier alpha value is -1.54. The van der Waals surface area contributed by atoms with Gasteiger partial charge in [-0.15, -0.1) is 0 Å². The fourth-order valence-electron chi connectivity index (χ4n) is 2.31. The van der Waals surface area contributed by atoms with Crippen LogP contribution in [0.4, 0.5) is 0 Å². The van der Waals surface area contributed by atoms with Crippen LogP contribution in [0.3, 0.4) is 0 Å². The lowest BCUT2D eigenvalue weighted by Crippen LogP contribution is -2.09. The predicted molar refractivity (Wildman–Crippen MR) is 81.6 cm³/mol. The molecule has 0 amide bonds. The number of nitrogens with two attached hydrogens (primary N) is 1. The zero-order chi connectivity index (χ0) is 13.7. The molecular formula is C17H23NO. The Labute approximate surface area is 115 Å². The van der Waals surface area contributed by atoms with Crippen molar-refractivity contribution < 1.29 is 4.74 Å². The third kappa shape index (κ3) is 3.27. The fraction of sp³-hybridized carbons (Fsp3) is 0.412. The Morgan fingerprint density at radius 3 is 2.63 bits per heavy atom. The molecule has 0 heterocycles. The lowest BCUT2D eigenvalue weighted by molar-refractivity contribution is 0.305. The summed E-state index contributed by atoms with van der Waals surface area (Å²) in [5.41, 5.74) is 7.15. The standard InChI is InChI=1S/C17H23NO/c1-3-4-7-12-19-17-15(13(2)18)11-10-14-8-5-6-9-16(14)17/h5-6,8-11,13H,3-4,7,12,18H2,1-2H3. The maximum atomic E-state index is 6.06.